The Bertz CT molecular complexity index is 339. The van der Waals surface area contributed by atoms with Crippen LogP contribution < -0.4 is 5.73 Å². The predicted molar refractivity (Wildman–Crippen MR) is 59.7 cm³/mol. The monoisotopic (exact) mass is 209 g/mol. The van der Waals surface area contributed by atoms with E-state index in [1.54, 1.807) is 6.20 Å². The van der Waals surface area contributed by atoms with Crippen LogP contribution in [0.5, 0.6) is 0 Å². The first kappa shape index (κ1) is 11.9. The molecule has 4 nitrogen and oxygen atoms in total. The van der Waals surface area contributed by atoms with E-state index in [0.717, 1.165) is 13.0 Å². The molecule has 0 bridgehead atoms. The van der Waals surface area contributed by atoms with Crippen molar-refractivity contribution >= 4 is 5.78 Å². The molecule has 15 heavy (non-hydrogen) atoms. The fraction of sp³-hybridized carbons (Fsp3) is 0.636. The van der Waals surface area contributed by atoms with Crippen molar-refractivity contribution < 1.29 is 4.79 Å². The van der Waals surface area contributed by atoms with Crippen molar-refractivity contribution in [1.82, 2.24) is 9.55 Å². The maximum absolute atomic E-state index is 12.2. The molecular weight excluding hydrogens is 190 g/mol. The lowest BCUT2D eigenvalue weighted by Gasteiger charge is -2.24. The summed E-state index contributed by atoms with van der Waals surface area (Å²) in [5.41, 5.74) is 5.17. The highest BCUT2D eigenvalue weighted by molar-refractivity contribution is 5.97. The number of nitrogens with zero attached hydrogens (tertiary/aromatic N) is 2. The molecule has 0 fully saturated rings. The Morgan fingerprint density at radius 2 is 2.27 bits per heavy atom. The minimum absolute atomic E-state index is 0.0411. The van der Waals surface area contributed by atoms with Crippen LogP contribution in [-0.4, -0.2) is 21.9 Å². The van der Waals surface area contributed by atoms with Crippen LogP contribution in [0, 0.1) is 5.41 Å². The fourth-order valence-corrected chi connectivity index (χ4v) is 1.44. The number of aromatic nitrogens is 2. The summed E-state index contributed by atoms with van der Waals surface area (Å²) in [4.78, 5) is 16.3. The van der Waals surface area contributed by atoms with Gasteiger partial charge in [-0.3, -0.25) is 4.79 Å². The Kier molecular flexibility index (Phi) is 3.63. The molecule has 84 valence electrons. The Morgan fingerprint density at radius 3 is 2.73 bits per heavy atom. The van der Waals surface area contributed by atoms with E-state index in [9.17, 15) is 4.79 Å². The van der Waals surface area contributed by atoms with Crippen LogP contribution in [-0.2, 0) is 6.54 Å². The highest BCUT2D eigenvalue weighted by Gasteiger charge is 2.33. The summed E-state index contributed by atoms with van der Waals surface area (Å²) in [7, 11) is 0. The molecule has 0 saturated carbocycles. The van der Waals surface area contributed by atoms with Gasteiger partial charge in [0.05, 0.1) is 0 Å². The maximum atomic E-state index is 12.2. The second-order valence-electron chi connectivity index (χ2n) is 3.98. The number of aryl methyl sites for hydroxylation is 1. The number of imidazole rings is 1. The zero-order valence-corrected chi connectivity index (χ0v) is 9.66. The minimum Gasteiger partial charge on any atom is -0.329 e. The van der Waals surface area contributed by atoms with Crippen LogP contribution in [0.25, 0.3) is 0 Å². The van der Waals surface area contributed by atoms with E-state index in [1.165, 1.54) is 0 Å². The van der Waals surface area contributed by atoms with Gasteiger partial charge in [-0.15, -0.1) is 0 Å². The fourth-order valence-electron chi connectivity index (χ4n) is 1.44. The van der Waals surface area contributed by atoms with Crippen molar-refractivity contribution in [2.75, 3.05) is 6.54 Å². The third kappa shape index (κ3) is 2.09. The highest BCUT2D eigenvalue weighted by Crippen LogP contribution is 2.24. The molecule has 0 aliphatic rings. The normalized spacial score (nSPS) is 14.9. The predicted octanol–water partition coefficient (Wildman–Crippen LogP) is 1.46. The summed E-state index contributed by atoms with van der Waals surface area (Å²) in [5, 5.41) is 0. The molecule has 1 aromatic rings. The molecule has 1 rings (SSSR count). The Labute approximate surface area is 90.5 Å². The lowest BCUT2D eigenvalue weighted by atomic mass is 9.82. The van der Waals surface area contributed by atoms with E-state index in [1.807, 2.05) is 31.5 Å². The van der Waals surface area contributed by atoms with Gasteiger partial charge >= 0.3 is 0 Å². The Balaban J connectivity index is 3.03. The van der Waals surface area contributed by atoms with E-state index in [-0.39, 0.29) is 5.78 Å². The summed E-state index contributed by atoms with van der Waals surface area (Å²) in [6.45, 7) is 6.97. The van der Waals surface area contributed by atoms with Crippen LogP contribution >= 0.6 is 0 Å². The third-order valence-corrected chi connectivity index (χ3v) is 3.04. The van der Waals surface area contributed by atoms with E-state index in [4.69, 9.17) is 5.73 Å². The van der Waals surface area contributed by atoms with Crippen molar-refractivity contribution in [3.05, 3.63) is 18.2 Å². The van der Waals surface area contributed by atoms with Gasteiger partial charge in [-0.05, 0) is 13.3 Å². The SMILES string of the molecule is CCn1ccnc1C(=O)C(C)(CC)CN. The van der Waals surface area contributed by atoms with Gasteiger partial charge in [-0.1, -0.05) is 13.8 Å². The number of Topliss-reactive ketones (excluding diaryl/α,β-unsaturated/α-hetero) is 1. The zero-order chi connectivity index (χ0) is 11.5. The van der Waals surface area contributed by atoms with Crippen LogP contribution in [0.1, 0.15) is 37.8 Å². The van der Waals surface area contributed by atoms with Crippen molar-refractivity contribution in [1.29, 1.82) is 0 Å². The van der Waals surface area contributed by atoms with Gasteiger partial charge in [-0.2, -0.15) is 0 Å². The number of carbonyl (C=O) groups excluding carboxylic acids is 1. The van der Waals surface area contributed by atoms with Gasteiger partial charge in [0.15, 0.2) is 5.82 Å². The lowest BCUT2D eigenvalue weighted by Crippen LogP contribution is -2.36. The summed E-state index contributed by atoms with van der Waals surface area (Å²) < 4.78 is 1.85. The average molecular weight is 209 g/mol. The van der Waals surface area contributed by atoms with Crippen LogP contribution in [0.15, 0.2) is 12.4 Å². The molecule has 0 spiro atoms. The van der Waals surface area contributed by atoms with Crippen molar-refractivity contribution in [3.63, 3.8) is 0 Å². The Hall–Kier alpha value is -1.16. The van der Waals surface area contributed by atoms with Gasteiger partial charge in [0.1, 0.15) is 0 Å². The molecule has 0 aliphatic heterocycles. The van der Waals surface area contributed by atoms with Crippen LogP contribution in [0.4, 0.5) is 0 Å². The smallest absolute Gasteiger partial charge is 0.205 e. The summed E-state index contributed by atoms with van der Waals surface area (Å²) in [6, 6.07) is 0. The van der Waals surface area contributed by atoms with E-state index in [2.05, 4.69) is 4.98 Å². The molecule has 1 unspecified atom stereocenters. The van der Waals surface area contributed by atoms with Gasteiger partial charge in [0.2, 0.25) is 5.78 Å². The topological polar surface area (TPSA) is 60.9 Å². The number of carbonyl (C=O) groups is 1. The average Bonchev–Trinajstić information content (AvgIpc) is 2.74. The number of nitrogens with two attached hydrogens (primary N) is 1. The Morgan fingerprint density at radius 1 is 1.60 bits per heavy atom. The summed E-state index contributed by atoms with van der Waals surface area (Å²) >= 11 is 0. The van der Waals surface area contributed by atoms with E-state index >= 15 is 0 Å². The second kappa shape index (κ2) is 4.57. The standard InChI is InChI=1S/C11H19N3O/c1-4-11(3,8-12)9(15)10-13-6-7-14(10)5-2/h6-7H,4-5,8,12H2,1-3H3. The summed E-state index contributed by atoms with van der Waals surface area (Å²) in [5.74, 6) is 0.562. The van der Waals surface area contributed by atoms with Gasteiger partial charge in [0, 0.05) is 30.9 Å². The molecule has 1 atom stereocenters. The number of rotatable bonds is 5. The molecule has 0 saturated heterocycles. The molecular formula is C11H19N3O. The lowest BCUT2D eigenvalue weighted by molar-refractivity contribution is 0.0804. The molecule has 1 heterocycles. The molecule has 1 aromatic heterocycles. The number of hydrogen-bond donors (Lipinski definition) is 1. The maximum Gasteiger partial charge on any atom is 0.205 e. The molecule has 0 aromatic carbocycles. The van der Waals surface area contributed by atoms with E-state index < -0.39 is 5.41 Å². The first-order valence-corrected chi connectivity index (χ1v) is 5.35. The number of hydrogen-bond acceptors (Lipinski definition) is 3. The van der Waals surface area contributed by atoms with Gasteiger partial charge in [-0.25, -0.2) is 4.98 Å². The second-order valence-corrected chi connectivity index (χ2v) is 3.98. The minimum atomic E-state index is -0.488. The first-order chi connectivity index (χ1) is 7.09. The van der Waals surface area contributed by atoms with Crippen molar-refractivity contribution in [2.45, 2.75) is 33.7 Å². The van der Waals surface area contributed by atoms with Crippen LogP contribution in [0.2, 0.25) is 0 Å². The van der Waals surface area contributed by atoms with Crippen molar-refractivity contribution in [2.24, 2.45) is 11.1 Å². The largest absolute Gasteiger partial charge is 0.329 e. The van der Waals surface area contributed by atoms with E-state index in [0.29, 0.717) is 12.4 Å². The van der Waals surface area contributed by atoms with Crippen LogP contribution in [0.3, 0.4) is 0 Å². The molecule has 2 N–H and O–H groups in total. The number of ketones is 1. The molecule has 4 heteroatoms. The zero-order valence-electron chi connectivity index (χ0n) is 9.66. The molecule has 0 aliphatic carbocycles. The van der Waals surface area contributed by atoms with Crippen molar-refractivity contribution in [3.8, 4) is 0 Å². The summed E-state index contributed by atoms with van der Waals surface area (Å²) in [6.07, 6.45) is 4.21. The highest BCUT2D eigenvalue weighted by atomic mass is 16.1. The molecule has 0 amide bonds. The molecule has 0 radical (unpaired) electrons. The van der Waals surface area contributed by atoms with Gasteiger partial charge < -0.3 is 10.3 Å². The first-order valence-electron chi connectivity index (χ1n) is 5.35. The third-order valence-electron chi connectivity index (χ3n) is 3.04. The quantitative estimate of drug-likeness (QED) is 0.747. The van der Waals surface area contributed by atoms with Gasteiger partial charge in [0.25, 0.3) is 0 Å².